The number of carbonyl (C=O) groups is 2. The maximum Gasteiger partial charge on any atom is 0.290 e. The van der Waals surface area contributed by atoms with Crippen molar-refractivity contribution in [2.75, 3.05) is 6.54 Å². The number of aromatic nitrogens is 3. The SMILES string of the molecule is Cc1nc(C)c(C(=O)C2=C(O)C(=O)N(CCCn3ccnc3)[C@@H]2c2ccc(Cl)cc2)s1. The Hall–Kier alpha value is -2.97. The molecule has 1 aliphatic rings. The second kappa shape index (κ2) is 8.64. The molecule has 2 aromatic heterocycles. The van der Waals surface area contributed by atoms with Crippen LogP contribution < -0.4 is 0 Å². The molecule has 3 heterocycles. The molecule has 0 saturated heterocycles. The summed E-state index contributed by atoms with van der Waals surface area (Å²) in [5, 5.41) is 12.0. The molecule has 1 N–H and O–H groups in total. The van der Waals surface area contributed by atoms with E-state index in [4.69, 9.17) is 11.6 Å². The lowest BCUT2D eigenvalue weighted by Crippen LogP contribution is -2.32. The van der Waals surface area contributed by atoms with E-state index in [-0.39, 0.29) is 11.4 Å². The van der Waals surface area contributed by atoms with Gasteiger partial charge in [-0.05, 0) is 38.0 Å². The average molecular weight is 457 g/mol. The average Bonchev–Trinajstić information content (AvgIpc) is 3.43. The first-order chi connectivity index (χ1) is 14.9. The van der Waals surface area contributed by atoms with Gasteiger partial charge in [-0.15, -0.1) is 11.3 Å². The third-order valence-electron chi connectivity index (χ3n) is 5.22. The van der Waals surface area contributed by atoms with Gasteiger partial charge in [0.15, 0.2) is 5.76 Å². The summed E-state index contributed by atoms with van der Waals surface area (Å²) in [6.45, 7) is 4.60. The van der Waals surface area contributed by atoms with Crippen LogP contribution in [0.2, 0.25) is 5.02 Å². The van der Waals surface area contributed by atoms with Crippen LogP contribution in [0.5, 0.6) is 0 Å². The molecule has 0 radical (unpaired) electrons. The lowest BCUT2D eigenvalue weighted by atomic mass is 9.95. The number of hydrogen-bond donors (Lipinski definition) is 1. The van der Waals surface area contributed by atoms with E-state index in [0.29, 0.717) is 40.7 Å². The molecule has 0 unspecified atom stereocenters. The lowest BCUT2D eigenvalue weighted by molar-refractivity contribution is -0.129. The third-order valence-corrected chi connectivity index (χ3v) is 6.54. The van der Waals surface area contributed by atoms with Crippen LogP contribution in [0.4, 0.5) is 0 Å². The fourth-order valence-electron chi connectivity index (χ4n) is 3.81. The second-order valence-electron chi connectivity index (χ2n) is 7.35. The van der Waals surface area contributed by atoms with E-state index in [1.54, 1.807) is 48.6 Å². The molecule has 0 spiro atoms. The van der Waals surface area contributed by atoms with Gasteiger partial charge in [0.2, 0.25) is 5.78 Å². The van der Waals surface area contributed by atoms with Crippen LogP contribution in [0.25, 0.3) is 0 Å². The number of imidazole rings is 1. The first-order valence-corrected chi connectivity index (χ1v) is 11.0. The zero-order chi connectivity index (χ0) is 22.1. The predicted molar refractivity (Wildman–Crippen MR) is 118 cm³/mol. The van der Waals surface area contributed by atoms with Gasteiger partial charge >= 0.3 is 0 Å². The number of nitrogens with zero attached hydrogens (tertiary/aromatic N) is 4. The highest BCUT2D eigenvalue weighted by atomic mass is 35.5. The van der Waals surface area contributed by atoms with Crippen LogP contribution in [0.15, 0.2) is 54.3 Å². The van der Waals surface area contributed by atoms with E-state index in [2.05, 4.69) is 9.97 Å². The number of amides is 1. The Kier molecular flexibility index (Phi) is 5.93. The molecule has 1 atom stereocenters. The minimum atomic E-state index is -0.693. The number of aryl methyl sites for hydroxylation is 3. The van der Waals surface area contributed by atoms with Crippen molar-refractivity contribution in [2.45, 2.75) is 32.9 Å². The van der Waals surface area contributed by atoms with Gasteiger partial charge in [-0.25, -0.2) is 9.97 Å². The standard InChI is InChI=1S/C22H21ClN4O3S/c1-13-21(31-14(2)25-13)19(28)17-18(15-4-6-16(23)7-5-15)27(22(30)20(17)29)10-3-9-26-11-8-24-12-26/h4-8,11-12,18,29H,3,9-10H2,1-2H3/t18-/m1/s1. The molecule has 0 fully saturated rings. The Morgan fingerprint density at radius 2 is 1.97 bits per heavy atom. The fraction of sp³-hybridized carbons (Fsp3) is 0.273. The van der Waals surface area contributed by atoms with Gasteiger partial charge in [-0.1, -0.05) is 23.7 Å². The van der Waals surface area contributed by atoms with Crippen LogP contribution >= 0.6 is 22.9 Å². The lowest BCUT2D eigenvalue weighted by Gasteiger charge is -2.27. The maximum atomic E-state index is 13.4. The Morgan fingerprint density at radius 3 is 2.58 bits per heavy atom. The van der Waals surface area contributed by atoms with Crippen molar-refractivity contribution in [2.24, 2.45) is 0 Å². The van der Waals surface area contributed by atoms with Crippen molar-refractivity contribution in [3.05, 3.63) is 80.5 Å². The molecular weight excluding hydrogens is 436 g/mol. The van der Waals surface area contributed by atoms with Crippen LogP contribution in [0, 0.1) is 13.8 Å². The number of halogens is 1. The molecule has 3 aromatic rings. The molecule has 7 nitrogen and oxygen atoms in total. The summed E-state index contributed by atoms with van der Waals surface area (Å²) in [4.78, 5) is 36.8. The first kappa shape index (κ1) is 21.3. The molecule has 1 amide bonds. The summed E-state index contributed by atoms with van der Waals surface area (Å²) in [5.74, 6) is -1.42. The van der Waals surface area contributed by atoms with Gasteiger partial charge in [0, 0.05) is 30.5 Å². The van der Waals surface area contributed by atoms with Crippen molar-refractivity contribution in [1.82, 2.24) is 19.4 Å². The van der Waals surface area contributed by atoms with E-state index in [1.807, 2.05) is 17.7 Å². The minimum absolute atomic E-state index is 0.0849. The summed E-state index contributed by atoms with van der Waals surface area (Å²) in [5.41, 5.74) is 1.39. The Morgan fingerprint density at radius 1 is 1.23 bits per heavy atom. The van der Waals surface area contributed by atoms with Crippen molar-refractivity contribution in [1.29, 1.82) is 0 Å². The number of benzene rings is 1. The number of aliphatic hydroxyl groups is 1. The number of aliphatic hydroxyl groups excluding tert-OH is 1. The number of thiazole rings is 1. The smallest absolute Gasteiger partial charge is 0.290 e. The molecule has 9 heteroatoms. The van der Waals surface area contributed by atoms with E-state index < -0.39 is 17.7 Å². The Bertz CT molecular complexity index is 1150. The van der Waals surface area contributed by atoms with Crippen molar-refractivity contribution in [3.8, 4) is 0 Å². The summed E-state index contributed by atoms with van der Waals surface area (Å²) in [6, 6.07) is 6.29. The van der Waals surface area contributed by atoms with Gasteiger partial charge in [-0.3, -0.25) is 9.59 Å². The molecule has 0 bridgehead atoms. The predicted octanol–water partition coefficient (Wildman–Crippen LogP) is 4.28. The van der Waals surface area contributed by atoms with Crippen LogP contribution in [0.1, 0.15) is 38.4 Å². The highest BCUT2D eigenvalue weighted by molar-refractivity contribution is 7.14. The van der Waals surface area contributed by atoms with Gasteiger partial charge in [0.25, 0.3) is 5.91 Å². The zero-order valence-electron chi connectivity index (χ0n) is 17.1. The first-order valence-electron chi connectivity index (χ1n) is 9.81. The number of carbonyl (C=O) groups excluding carboxylic acids is 2. The number of rotatable bonds is 7. The van der Waals surface area contributed by atoms with Crippen molar-refractivity contribution >= 4 is 34.6 Å². The summed E-state index contributed by atoms with van der Waals surface area (Å²) in [7, 11) is 0. The maximum absolute atomic E-state index is 13.4. The van der Waals surface area contributed by atoms with Gasteiger partial charge in [0.05, 0.1) is 33.5 Å². The topological polar surface area (TPSA) is 88.3 Å². The summed E-state index contributed by atoms with van der Waals surface area (Å²) < 4.78 is 1.92. The number of Topliss-reactive ketones (excluding diaryl/α,β-unsaturated/α-hetero) is 1. The Balaban J connectivity index is 1.69. The van der Waals surface area contributed by atoms with E-state index >= 15 is 0 Å². The van der Waals surface area contributed by atoms with Gasteiger partial charge < -0.3 is 14.6 Å². The number of ketones is 1. The second-order valence-corrected chi connectivity index (χ2v) is 8.99. The van der Waals surface area contributed by atoms with E-state index in [0.717, 1.165) is 5.01 Å². The van der Waals surface area contributed by atoms with Crippen molar-refractivity contribution < 1.29 is 14.7 Å². The quantitative estimate of drug-likeness (QED) is 0.536. The summed E-state index contributed by atoms with van der Waals surface area (Å²) in [6.07, 6.45) is 5.89. The molecule has 0 saturated carbocycles. The van der Waals surface area contributed by atoms with Crippen LogP contribution in [-0.2, 0) is 11.3 Å². The van der Waals surface area contributed by atoms with Gasteiger partial charge in [-0.2, -0.15) is 0 Å². The van der Waals surface area contributed by atoms with Crippen LogP contribution in [-0.4, -0.2) is 42.8 Å². The highest BCUT2D eigenvalue weighted by Crippen LogP contribution is 2.40. The molecule has 31 heavy (non-hydrogen) atoms. The molecule has 4 rings (SSSR count). The van der Waals surface area contributed by atoms with Crippen LogP contribution in [0.3, 0.4) is 0 Å². The monoisotopic (exact) mass is 456 g/mol. The number of hydrogen-bond acceptors (Lipinski definition) is 6. The third kappa shape index (κ3) is 4.13. The molecular formula is C22H21ClN4O3S. The molecule has 1 aliphatic heterocycles. The minimum Gasteiger partial charge on any atom is -0.503 e. The molecule has 0 aliphatic carbocycles. The fourth-order valence-corrected chi connectivity index (χ4v) is 4.81. The molecule has 1 aromatic carbocycles. The normalized spacial score (nSPS) is 16.4. The van der Waals surface area contributed by atoms with Gasteiger partial charge in [0.1, 0.15) is 0 Å². The van der Waals surface area contributed by atoms with Crippen molar-refractivity contribution in [3.63, 3.8) is 0 Å². The zero-order valence-corrected chi connectivity index (χ0v) is 18.7. The Labute approximate surface area is 188 Å². The van der Waals surface area contributed by atoms with E-state index in [9.17, 15) is 14.7 Å². The molecule has 160 valence electrons. The van der Waals surface area contributed by atoms with E-state index in [1.165, 1.54) is 11.3 Å². The largest absolute Gasteiger partial charge is 0.503 e. The highest BCUT2D eigenvalue weighted by Gasteiger charge is 2.44. The summed E-state index contributed by atoms with van der Waals surface area (Å²) >= 11 is 7.31.